The normalized spacial score (nSPS) is 34.5. The second-order valence-electron chi connectivity index (χ2n) is 4.58. The SMILES string of the molecule is C[C@@H]1O[C@@H](Sc2ncnc3nc[nH]c23)[C@@H](O)[C@@H](O)[C@@H]1O. The fourth-order valence-corrected chi connectivity index (χ4v) is 3.18. The summed E-state index contributed by atoms with van der Waals surface area (Å²) in [6.45, 7) is 1.64. The summed E-state index contributed by atoms with van der Waals surface area (Å²) in [5.41, 5.74) is 0.424. The zero-order valence-corrected chi connectivity index (χ0v) is 11.4. The van der Waals surface area contributed by atoms with Crippen molar-refractivity contribution >= 4 is 22.9 Å². The molecule has 0 spiro atoms. The second kappa shape index (κ2) is 5.26. The van der Waals surface area contributed by atoms with Gasteiger partial charge >= 0.3 is 0 Å². The summed E-state index contributed by atoms with van der Waals surface area (Å²) in [5, 5.41) is 30.0. The highest BCUT2D eigenvalue weighted by Gasteiger charge is 2.42. The number of aromatic nitrogens is 4. The molecule has 0 radical (unpaired) electrons. The fraction of sp³-hybridized carbons (Fsp3) is 0.545. The Labute approximate surface area is 118 Å². The van der Waals surface area contributed by atoms with Gasteiger partial charge in [0.2, 0.25) is 0 Å². The van der Waals surface area contributed by atoms with E-state index in [1.165, 1.54) is 12.7 Å². The van der Waals surface area contributed by atoms with Gasteiger partial charge in [-0.05, 0) is 6.92 Å². The minimum absolute atomic E-state index is 0.515. The lowest BCUT2D eigenvalue weighted by Gasteiger charge is -2.38. The van der Waals surface area contributed by atoms with E-state index in [9.17, 15) is 15.3 Å². The number of imidazole rings is 1. The molecule has 0 bridgehead atoms. The van der Waals surface area contributed by atoms with Crippen molar-refractivity contribution in [3.05, 3.63) is 12.7 Å². The maximum absolute atomic E-state index is 9.98. The third-order valence-electron chi connectivity index (χ3n) is 3.22. The first-order valence-electron chi connectivity index (χ1n) is 6.08. The summed E-state index contributed by atoms with van der Waals surface area (Å²) in [5.74, 6) is 0. The average Bonchev–Trinajstić information content (AvgIpc) is 2.92. The van der Waals surface area contributed by atoms with Gasteiger partial charge in [-0.2, -0.15) is 0 Å². The van der Waals surface area contributed by atoms with Gasteiger partial charge in [-0.15, -0.1) is 0 Å². The summed E-state index contributed by atoms with van der Waals surface area (Å²) in [7, 11) is 0. The third-order valence-corrected chi connectivity index (χ3v) is 4.38. The first-order valence-corrected chi connectivity index (χ1v) is 6.96. The molecule has 4 N–H and O–H groups in total. The van der Waals surface area contributed by atoms with E-state index in [-0.39, 0.29) is 0 Å². The first-order chi connectivity index (χ1) is 9.58. The second-order valence-corrected chi connectivity index (χ2v) is 5.67. The van der Waals surface area contributed by atoms with Crippen LogP contribution >= 0.6 is 11.8 Å². The highest BCUT2D eigenvalue weighted by molar-refractivity contribution is 8.00. The summed E-state index contributed by atoms with van der Waals surface area (Å²) in [6, 6.07) is 0. The van der Waals surface area contributed by atoms with Gasteiger partial charge in [0.1, 0.15) is 40.6 Å². The van der Waals surface area contributed by atoms with E-state index in [4.69, 9.17) is 4.74 Å². The van der Waals surface area contributed by atoms with Crippen molar-refractivity contribution in [2.45, 2.75) is 41.8 Å². The standard InChI is InChI=1S/C11H14N4O4S/c1-4-6(16)7(17)8(18)11(19-4)20-10-5-9(13-2-12-5)14-3-15-10/h2-4,6-8,11,16-18H,1H3,(H,12,13,14,15)/t4-,6+,7-,8-,11-/m0/s1. The van der Waals surface area contributed by atoms with Crippen LogP contribution < -0.4 is 0 Å². The lowest BCUT2D eigenvalue weighted by atomic mass is 10.0. The van der Waals surface area contributed by atoms with Crippen LogP contribution in [0.15, 0.2) is 17.7 Å². The quantitative estimate of drug-likeness (QED) is 0.535. The first kappa shape index (κ1) is 13.7. The molecule has 1 saturated heterocycles. The molecular formula is C11H14N4O4S. The molecule has 0 unspecified atom stereocenters. The average molecular weight is 298 g/mol. The maximum Gasteiger partial charge on any atom is 0.181 e. The minimum atomic E-state index is -1.25. The van der Waals surface area contributed by atoms with Crippen molar-refractivity contribution in [3.8, 4) is 0 Å². The zero-order chi connectivity index (χ0) is 14.3. The van der Waals surface area contributed by atoms with Gasteiger partial charge in [-0.1, -0.05) is 11.8 Å². The Morgan fingerprint density at radius 3 is 2.75 bits per heavy atom. The van der Waals surface area contributed by atoms with Crippen LogP contribution in [-0.2, 0) is 4.74 Å². The lowest BCUT2D eigenvalue weighted by Crippen LogP contribution is -2.55. The van der Waals surface area contributed by atoms with E-state index in [1.54, 1.807) is 6.92 Å². The van der Waals surface area contributed by atoms with Crippen LogP contribution in [0.25, 0.3) is 11.2 Å². The topological polar surface area (TPSA) is 124 Å². The molecule has 8 nitrogen and oxygen atoms in total. The van der Waals surface area contributed by atoms with Crippen LogP contribution in [0.3, 0.4) is 0 Å². The molecule has 5 atom stereocenters. The molecule has 1 aliphatic heterocycles. The van der Waals surface area contributed by atoms with Crippen LogP contribution in [0.5, 0.6) is 0 Å². The van der Waals surface area contributed by atoms with Crippen LogP contribution in [0, 0.1) is 0 Å². The Morgan fingerprint density at radius 1 is 1.15 bits per heavy atom. The Morgan fingerprint density at radius 2 is 1.95 bits per heavy atom. The largest absolute Gasteiger partial charge is 0.388 e. The highest BCUT2D eigenvalue weighted by atomic mass is 32.2. The number of aliphatic hydroxyl groups is 3. The molecule has 108 valence electrons. The smallest absolute Gasteiger partial charge is 0.181 e. The summed E-state index contributed by atoms with van der Waals surface area (Å²) < 4.78 is 5.52. The lowest BCUT2D eigenvalue weighted by molar-refractivity contribution is -0.192. The molecule has 3 rings (SSSR count). The molecule has 20 heavy (non-hydrogen) atoms. The Hall–Kier alpha value is -1.26. The summed E-state index contributed by atoms with van der Waals surface area (Å²) in [6.07, 6.45) is -1.28. The van der Waals surface area contributed by atoms with Gasteiger partial charge in [0.05, 0.1) is 12.4 Å². The number of rotatable bonds is 2. The van der Waals surface area contributed by atoms with Gasteiger partial charge < -0.3 is 25.0 Å². The fourth-order valence-electron chi connectivity index (χ4n) is 2.05. The predicted octanol–water partition coefficient (Wildman–Crippen LogP) is -0.728. The van der Waals surface area contributed by atoms with Crippen molar-refractivity contribution in [1.29, 1.82) is 0 Å². The number of hydrogen-bond donors (Lipinski definition) is 4. The number of fused-ring (bicyclic) bond motifs is 1. The third kappa shape index (κ3) is 2.27. The number of H-pyrrole nitrogens is 1. The Balaban J connectivity index is 1.85. The summed E-state index contributed by atoms with van der Waals surface area (Å²) in [4.78, 5) is 15.1. The molecule has 3 heterocycles. The molecule has 0 aromatic carbocycles. The van der Waals surface area contributed by atoms with Gasteiger partial charge in [0.25, 0.3) is 0 Å². The van der Waals surface area contributed by atoms with E-state index in [0.29, 0.717) is 16.2 Å². The molecule has 0 aliphatic carbocycles. The molecular weight excluding hydrogens is 284 g/mol. The number of aromatic amines is 1. The van der Waals surface area contributed by atoms with Crippen molar-refractivity contribution in [3.63, 3.8) is 0 Å². The minimum Gasteiger partial charge on any atom is -0.388 e. The maximum atomic E-state index is 9.98. The zero-order valence-electron chi connectivity index (χ0n) is 10.5. The van der Waals surface area contributed by atoms with Gasteiger partial charge in [-0.3, -0.25) is 0 Å². The molecule has 2 aromatic heterocycles. The number of ether oxygens (including phenoxy) is 1. The predicted molar refractivity (Wildman–Crippen MR) is 69.9 cm³/mol. The number of nitrogens with one attached hydrogen (secondary N) is 1. The van der Waals surface area contributed by atoms with Gasteiger partial charge in [-0.25, -0.2) is 15.0 Å². The van der Waals surface area contributed by atoms with Gasteiger partial charge in [0.15, 0.2) is 5.65 Å². The monoisotopic (exact) mass is 298 g/mol. The Kier molecular flexibility index (Phi) is 3.61. The molecule has 0 amide bonds. The van der Waals surface area contributed by atoms with E-state index in [1.807, 2.05) is 0 Å². The van der Waals surface area contributed by atoms with E-state index in [2.05, 4.69) is 19.9 Å². The van der Waals surface area contributed by atoms with E-state index in [0.717, 1.165) is 11.8 Å². The number of nitrogens with zero attached hydrogens (tertiary/aromatic N) is 3. The van der Waals surface area contributed by atoms with Crippen molar-refractivity contribution in [2.24, 2.45) is 0 Å². The highest BCUT2D eigenvalue weighted by Crippen LogP contribution is 2.34. The molecule has 0 saturated carbocycles. The Bertz CT molecular complexity index is 609. The molecule has 1 fully saturated rings. The van der Waals surface area contributed by atoms with Crippen molar-refractivity contribution in [1.82, 2.24) is 19.9 Å². The van der Waals surface area contributed by atoms with E-state index < -0.39 is 29.9 Å². The molecule has 2 aromatic rings. The van der Waals surface area contributed by atoms with Crippen LogP contribution in [0.1, 0.15) is 6.92 Å². The molecule has 9 heteroatoms. The van der Waals surface area contributed by atoms with Gasteiger partial charge in [0, 0.05) is 0 Å². The van der Waals surface area contributed by atoms with Crippen molar-refractivity contribution < 1.29 is 20.1 Å². The summed E-state index contributed by atoms with van der Waals surface area (Å²) >= 11 is 1.15. The van der Waals surface area contributed by atoms with E-state index >= 15 is 0 Å². The number of aliphatic hydroxyl groups excluding tert-OH is 3. The van der Waals surface area contributed by atoms with Crippen LogP contribution in [0.4, 0.5) is 0 Å². The van der Waals surface area contributed by atoms with Crippen LogP contribution in [-0.4, -0.2) is 65.1 Å². The van der Waals surface area contributed by atoms with Crippen LogP contribution in [0.2, 0.25) is 0 Å². The molecule has 1 aliphatic rings. The number of hydrogen-bond acceptors (Lipinski definition) is 8. The number of thioether (sulfide) groups is 1. The van der Waals surface area contributed by atoms with Crippen molar-refractivity contribution in [2.75, 3.05) is 0 Å².